The summed E-state index contributed by atoms with van der Waals surface area (Å²) in [6, 6.07) is 21.9. The number of hydrogen-bond acceptors (Lipinski definition) is 3. The van der Waals surface area contributed by atoms with Crippen LogP contribution >= 0.6 is 11.8 Å². The molecule has 1 N–H and O–H groups in total. The van der Waals surface area contributed by atoms with Gasteiger partial charge in [-0.15, -0.1) is 11.8 Å². The molecular weight excluding hydrogens is 328 g/mol. The first-order chi connectivity index (χ1) is 12.3. The summed E-state index contributed by atoms with van der Waals surface area (Å²) in [5.74, 6) is 0. The van der Waals surface area contributed by atoms with Gasteiger partial charge in [0.25, 0.3) is 5.56 Å². The summed E-state index contributed by atoms with van der Waals surface area (Å²) in [5, 5.41) is 2.21. The maximum absolute atomic E-state index is 12.9. The number of nitrogens with one attached hydrogen (secondary N) is 1. The summed E-state index contributed by atoms with van der Waals surface area (Å²) >= 11 is 1.57. The Morgan fingerprint density at radius 1 is 0.960 bits per heavy atom. The Hall–Kier alpha value is -2.85. The zero-order chi connectivity index (χ0) is 17.2. The lowest BCUT2D eigenvalue weighted by Crippen LogP contribution is -2.12. The molecule has 2 heterocycles. The highest BCUT2D eigenvalue weighted by Gasteiger charge is 2.15. The molecule has 0 radical (unpaired) electrons. The van der Waals surface area contributed by atoms with Crippen molar-refractivity contribution in [3.05, 3.63) is 83.3 Å². The van der Waals surface area contributed by atoms with Crippen LogP contribution in [0.1, 0.15) is 0 Å². The summed E-state index contributed by atoms with van der Waals surface area (Å²) in [4.78, 5) is 21.2. The van der Waals surface area contributed by atoms with Gasteiger partial charge in [0.2, 0.25) is 0 Å². The van der Waals surface area contributed by atoms with E-state index in [9.17, 15) is 4.79 Å². The van der Waals surface area contributed by atoms with Crippen LogP contribution in [0, 0.1) is 0 Å². The van der Waals surface area contributed by atoms with Gasteiger partial charge >= 0.3 is 0 Å². The number of thioether (sulfide) groups is 1. The first kappa shape index (κ1) is 15.7. The maximum Gasteiger partial charge on any atom is 0.257 e. The van der Waals surface area contributed by atoms with Crippen molar-refractivity contribution in [2.75, 3.05) is 6.26 Å². The van der Waals surface area contributed by atoms with Crippen LogP contribution in [0.3, 0.4) is 0 Å². The third kappa shape index (κ3) is 2.85. The van der Waals surface area contributed by atoms with Crippen molar-refractivity contribution in [2.45, 2.75) is 4.90 Å². The van der Waals surface area contributed by atoms with Gasteiger partial charge in [-0.2, -0.15) is 0 Å². The molecule has 4 heteroatoms. The second-order valence-electron chi connectivity index (χ2n) is 5.70. The lowest BCUT2D eigenvalue weighted by molar-refractivity contribution is 1.17. The molecule has 122 valence electrons. The van der Waals surface area contributed by atoms with E-state index in [1.807, 2.05) is 54.8 Å². The Kier molecular flexibility index (Phi) is 4.12. The van der Waals surface area contributed by atoms with E-state index in [4.69, 9.17) is 0 Å². The molecule has 0 unspecified atom stereocenters. The van der Waals surface area contributed by atoms with Crippen molar-refractivity contribution in [3.63, 3.8) is 0 Å². The van der Waals surface area contributed by atoms with Crippen molar-refractivity contribution in [1.29, 1.82) is 0 Å². The van der Waals surface area contributed by atoms with Crippen LogP contribution in [-0.4, -0.2) is 16.2 Å². The van der Waals surface area contributed by atoms with E-state index in [1.54, 1.807) is 18.0 Å². The van der Waals surface area contributed by atoms with E-state index in [0.29, 0.717) is 5.56 Å². The fourth-order valence-corrected chi connectivity index (χ4v) is 3.70. The molecule has 2 aromatic carbocycles. The SMILES string of the molecule is CSc1cc(-c2ccccn2)[nH]c(=O)c1-c1cccc2ccccc12. The molecule has 0 fully saturated rings. The van der Waals surface area contributed by atoms with Crippen LogP contribution in [-0.2, 0) is 0 Å². The Bertz CT molecular complexity index is 1100. The van der Waals surface area contributed by atoms with E-state index in [2.05, 4.69) is 28.2 Å². The molecule has 0 aliphatic carbocycles. The summed E-state index contributed by atoms with van der Waals surface area (Å²) in [7, 11) is 0. The molecule has 0 aliphatic heterocycles. The zero-order valence-electron chi connectivity index (χ0n) is 13.7. The predicted octanol–water partition coefficient (Wildman–Crippen LogP) is 4.98. The first-order valence-corrected chi connectivity index (χ1v) is 9.21. The van der Waals surface area contributed by atoms with Gasteiger partial charge in [0, 0.05) is 11.1 Å². The molecule has 25 heavy (non-hydrogen) atoms. The summed E-state index contributed by atoms with van der Waals surface area (Å²) in [6.45, 7) is 0. The Balaban J connectivity index is 1.98. The fourth-order valence-electron chi connectivity index (χ4n) is 3.06. The first-order valence-electron chi connectivity index (χ1n) is 7.99. The molecule has 0 atom stereocenters. The molecule has 4 rings (SSSR count). The van der Waals surface area contributed by atoms with E-state index in [1.165, 1.54) is 0 Å². The van der Waals surface area contributed by atoms with E-state index >= 15 is 0 Å². The number of benzene rings is 2. The van der Waals surface area contributed by atoms with Crippen molar-refractivity contribution in [1.82, 2.24) is 9.97 Å². The Labute approximate surface area is 149 Å². The van der Waals surface area contributed by atoms with Crippen LogP contribution in [0.5, 0.6) is 0 Å². The van der Waals surface area contributed by atoms with Gasteiger partial charge in [-0.25, -0.2) is 0 Å². The van der Waals surface area contributed by atoms with Gasteiger partial charge in [0.15, 0.2) is 0 Å². The molecule has 4 aromatic rings. The van der Waals surface area contributed by atoms with Crippen molar-refractivity contribution >= 4 is 22.5 Å². The van der Waals surface area contributed by atoms with Gasteiger partial charge in [-0.1, -0.05) is 48.5 Å². The molecular formula is C21H16N2OS. The normalized spacial score (nSPS) is 10.9. The van der Waals surface area contributed by atoms with E-state index in [-0.39, 0.29) is 5.56 Å². The average molecular weight is 344 g/mol. The second-order valence-corrected chi connectivity index (χ2v) is 6.55. The number of aromatic amines is 1. The van der Waals surface area contributed by atoms with Gasteiger partial charge < -0.3 is 4.98 Å². The number of pyridine rings is 2. The quantitative estimate of drug-likeness (QED) is 0.533. The monoisotopic (exact) mass is 344 g/mol. The molecule has 0 spiro atoms. The van der Waals surface area contributed by atoms with Crippen LogP contribution in [0.25, 0.3) is 33.3 Å². The van der Waals surface area contributed by atoms with Crippen LogP contribution in [0.2, 0.25) is 0 Å². The summed E-state index contributed by atoms with van der Waals surface area (Å²) < 4.78 is 0. The van der Waals surface area contributed by atoms with Crippen LogP contribution in [0.4, 0.5) is 0 Å². The number of aromatic nitrogens is 2. The molecule has 2 aromatic heterocycles. The standard InChI is InChI=1S/C21H16N2OS/c1-25-19-13-18(17-11-4-5-12-22-17)23-21(24)20(19)16-10-6-8-14-7-2-3-9-15(14)16/h2-13H,1H3,(H,23,24). The molecule has 0 saturated carbocycles. The third-order valence-corrected chi connectivity index (χ3v) is 4.98. The smallest absolute Gasteiger partial charge is 0.257 e. The maximum atomic E-state index is 12.9. The van der Waals surface area contributed by atoms with Gasteiger partial charge in [0.05, 0.1) is 17.0 Å². The third-order valence-electron chi connectivity index (χ3n) is 4.22. The molecule has 0 aliphatic rings. The largest absolute Gasteiger partial charge is 0.320 e. The van der Waals surface area contributed by atoms with E-state index < -0.39 is 0 Å². The predicted molar refractivity (Wildman–Crippen MR) is 105 cm³/mol. The molecule has 0 bridgehead atoms. The van der Waals surface area contributed by atoms with Crippen LogP contribution in [0.15, 0.2) is 82.6 Å². The highest BCUT2D eigenvalue weighted by molar-refractivity contribution is 7.98. The minimum atomic E-state index is -0.0937. The van der Waals surface area contributed by atoms with Gasteiger partial charge in [-0.05, 0) is 40.8 Å². The number of fused-ring (bicyclic) bond motifs is 1. The minimum Gasteiger partial charge on any atom is -0.320 e. The van der Waals surface area contributed by atoms with Crippen molar-refractivity contribution < 1.29 is 0 Å². The van der Waals surface area contributed by atoms with Crippen molar-refractivity contribution in [2.24, 2.45) is 0 Å². The Morgan fingerprint density at radius 2 is 1.76 bits per heavy atom. The molecule has 0 saturated heterocycles. The van der Waals surface area contributed by atoms with E-state index in [0.717, 1.165) is 32.6 Å². The second kappa shape index (κ2) is 6.57. The van der Waals surface area contributed by atoms with Crippen LogP contribution < -0.4 is 5.56 Å². The fraction of sp³-hybridized carbons (Fsp3) is 0.0476. The number of rotatable bonds is 3. The minimum absolute atomic E-state index is 0.0937. The zero-order valence-corrected chi connectivity index (χ0v) is 14.5. The summed E-state index contributed by atoms with van der Waals surface area (Å²) in [5.41, 5.74) is 3.07. The average Bonchev–Trinajstić information content (AvgIpc) is 2.67. The lowest BCUT2D eigenvalue weighted by atomic mass is 9.99. The van der Waals surface area contributed by atoms with Gasteiger partial charge in [-0.3, -0.25) is 9.78 Å². The highest BCUT2D eigenvalue weighted by Crippen LogP contribution is 2.33. The summed E-state index contributed by atoms with van der Waals surface area (Å²) in [6.07, 6.45) is 3.72. The topological polar surface area (TPSA) is 45.8 Å². The number of H-pyrrole nitrogens is 1. The Morgan fingerprint density at radius 3 is 2.56 bits per heavy atom. The molecule has 3 nitrogen and oxygen atoms in total. The number of hydrogen-bond donors (Lipinski definition) is 1. The highest BCUT2D eigenvalue weighted by atomic mass is 32.2. The van der Waals surface area contributed by atoms with Gasteiger partial charge in [0.1, 0.15) is 0 Å². The number of nitrogens with zero attached hydrogens (tertiary/aromatic N) is 1. The van der Waals surface area contributed by atoms with Crippen molar-refractivity contribution in [3.8, 4) is 22.5 Å². The lowest BCUT2D eigenvalue weighted by Gasteiger charge is -2.12. The molecule has 0 amide bonds.